The smallest absolute Gasteiger partial charge is 0.271 e. The minimum atomic E-state index is -0.378. The summed E-state index contributed by atoms with van der Waals surface area (Å²) in [7, 11) is 3.03. The summed E-state index contributed by atoms with van der Waals surface area (Å²) < 4.78 is 10.3. The van der Waals surface area contributed by atoms with E-state index in [1.54, 1.807) is 25.1 Å². The molecule has 2 N–H and O–H groups in total. The lowest BCUT2D eigenvalue weighted by Crippen LogP contribution is -2.33. The molecule has 136 valence electrons. The van der Waals surface area contributed by atoms with E-state index in [1.165, 1.54) is 27.1 Å². The number of carbonyl (C=O) groups is 2. The van der Waals surface area contributed by atoms with Crippen LogP contribution in [0.15, 0.2) is 23.3 Å². The Balaban J connectivity index is 1.88. The Morgan fingerprint density at radius 3 is 2.48 bits per heavy atom. The van der Waals surface area contributed by atoms with Crippen molar-refractivity contribution in [2.24, 2.45) is 5.10 Å². The van der Waals surface area contributed by atoms with Gasteiger partial charge in [-0.1, -0.05) is 12.8 Å². The van der Waals surface area contributed by atoms with Crippen LogP contribution in [-0.4, -0.2) is 37.8 Å². The number of ether oxygens (including phenoxy) is 2. The number of benzene rings is 1. The molecule has 1 aliphatic rings. The lowest BCUT2D eigenvalue weighted by Gasteiger charge is -2.11. The van der Waals surface area contributed by atoms with E-state index in [0.717, 1.165) is 12.8 Å². The Bertz CT molecular complexity index is 652. The average molecular weight is 347 g/mol. The van der Waals surface area contributed by atoms with E-state index in [4.69, 9.17) is 9.47 Å². The Hall–Kier alpha value is -2.57. The number of rotatable bonds is 7. The van der Waals surface area contributed by atoms with Gasteiger partial charge < -0.3 is 14.8 Å². The first kappa shape index (κ1) is 18.8. The summed E-state index contributed by atoms with van der Waals surface area (Å²) in [4.78, 5) is 24.1. The van der Waals surface area contributed by atoms with Crippen LogP contribution in [0.5, 0.6) is 11.5 Å². The summed E-state index contributed by atoms with van der Waals surface area (Å²) in [5.74, 6) is 0.569. The van der Waals surface area contributed by atoms with Gasteiger partial charge in [0.15, 0.2) is 11.5 Å². The van der Waals surface area contributed by atoms with Crippen molar-refractivity contribution in [1.82, 2.24) is 10.7 Å². The number of hydrogen-bond donors (Lipinski definition) is 2. The SMILES string of the molecule is COc1ccc(C(=O)N/N=C(/C)CC(=O)NC2CCCC2)cc1OC. The number of nitrogens with zero attached hydrogens (tertiary/aromatic N) is 1. The second-order valence-corrected chi connectivity index (χ2v) is 6.08. The summed E-state index contributed by atoms with van der Waals surface area (Å²) in [6.07, 6.45) is 4.58. The van der Waals surface area contributed by atoms with E-state index in [9.17, 15) is 9.59 Å². The lowest BCUT2D eigenvalue weighted by molar-refractivity contribution is -0.120. The van der Waals surface area contributed by atoms with Crippen molar-refractivity contribution < 1.29 is 19.1 Å². The Labute approximate surface area is 147 Å². The van der Waals surface area contributed by atoms with E-state index < -0.39 is 0 Å². The van der Waals surface area contributed by atoms with E-state index >= 15 is 0 Å². The summed E-state index contributed by atoms with van der Waals surface area (Å²) >= 11 is 0. The minimum Gasteiger partial charge on any atom is -0.493 e. The molecule has 0 atom stereocenters. The van der Waals surface area contributed by atoms with Gasteiger partial charge in [-0.15, -0.1) is 0 Å². The number of amides is 2. The fraction of sp³-hybridized carbons (Fsp3) is 0.500. The quantitative estimate of drug-likeness (QED) is 0.585. The van der Waals surface area contributed by atoms with Crippen molar-refractivity contribution in [3.63, 3.8) is 0 Å². The van der Waals surface area contributed by atoms with Gasteiger partial charge in [-0.2, -0.15) is 5.10 Å². The molecule has 1 saturated carbocycles. The Morgan fingerprint density at radius 1 is 1.16 bits per heavy atom. The maximum absolute atomic E-state index is 12.2. The van der Waals surface area contributed by atoms with Crippen molar-refractivity contribution in [3.8, 4) is 11.5 Å². The minimum absolute atomic E-state index is 0.0616. The number of nitrogens with one attached hydrogen (secondary N) is 2. The number of hydrazone groups is 1. The molecule has 0 aromatic heterocycles. The van der Waals surface area contributed by atoms with Crippen molar-refractivity contribution >= 4 is 17.5 Å². The normalized spacial score (nSPS) is 14.9. The molecule has 0 spiro atoms. The third kappa shape index (κ3) is 5.48. The van der Waals surface area contributed by atoms with Gasteiger partial charge in [-0.3, -0.25) is 9.59 Å². The van der Waals surface area contributed by atoms with E-state index in [-0.39, 0.29) is 24.3 Å². The molecule has 0 bridgehead atoms. The maximum Gasteiger partial charge on any atom is 0.271 e. The molecule has 1 aliphatic carbocycles. The first-order valence-corrected chi connectivity index (χ1v) is 8.38. The van der Waals surface area contributed by atoms with Crippen LogP contribution in [-0.2, 0) is 4.79 Å². The third-order valence-corrected chi connectivity index (χ3v) is 4.13. The number of hydrogen-bond acceptors (Lipinski definition) is 5. The van der Waals surface area contributed by atoms with Crippen LogP contribution in [0.4, 0.5) is 0 Å². The highest BCUT2D eigenvalue weighted by molar-refractivity contribution is 6.01. The fourth-order valence-corrected chi connectivity index (χ4v) is 2.81. The Kier molecular flexibility index (Phi) is 6.80. The molecular formula is C18H25N3O4. The van der Waals surface area contributed by atoms with Crippen LogP contribution in [0.3, 0.4) is 0 Å². The van der Waals surface area contributed by atoms with Crippen LogP contribution in [0.1, 0.15) is 49.4 Å². The van der Waals surface area contributed by atoms with E-state index in [2.05, 4.69) is 15.8 Å². The molecule has 1 aromatic rings. The summed E-state index contributed by atoms with van der Waals surface area (Å²) in [6, 6.07) is 5.13. The molecule has 0 heterocycles. The molecule has 7 nitrogen and oxygen atoms in total. The standard InChI is InChI=1S/C18H25N3O4/c1-12(10-17(22)19-14-6-4-5-7-14)20-21-18(23)13-8-9-15(24-2)16(11-13)25-3/h8-9,11,14H,4-7,10H2,1-3H3,(H,19,22)(H,21,23)/b20-12-. The topological polar surface area (TPSA) is 89.0 Å². The zero-order valence-corrected chi connectivity index (χ0v) is 14.9. The van der Waals surface area contributed by atoms with Crippen LogP contribution < -0.4 is 20.2 Å². The largest absolute Gasteiger partial charge is 0.493 e. The first-order valence-electron chi connectivity index (χ1n) is 8.38. The molecule has 0 unspecified atom stereocenters. The van der Waals surface area contributed by atoms with Crippen molar-refractivity contribution in [3.05, 3.63) is 23.8 Å². The molecule has 2 amide bonds. The molecule has 0 aliphatic heterocycles. The van der Waals surface area contributed by atoms with Gasteiger partial charge in [0.1, 0.15) is 0 Å². The highest BCUT2D eigenvalue weighted by Gasteiger charge is 2.17. The highest BCUT2D eigenvalue weighted by Crippen LogP contribution is 2.27. The van der Waals surface area contributed by atoms with Crippen molar-refractivity contribution in [2.75, 3.05) is 14.2 Å². The molecule has 25 heavy (non-hydrogen) atoms. The summed E-state index contributed by atoms with van der Waals surface area (Å²) in [6.45, 7) is 1.71. The molecule has 0 radical (unpaired) electrons. The number of carbonyl (C=O) groups excluding carboxylic acids is 2. The monoisotopic (exact) mass is 347 g/mol. The van der Waals surface area contributed by atoms with Gasteiger partial charge in [0.25, 0.3) is 5.91 Å². The number of methoxy groups -OCH3 is 2. The molecular weight excluding hydrogens is 322 g/mol. The molecule has 1 aromatic carbocycles. The van der Waals surface area contributed by atoms with Gasteiger partial charge in [-0.05, 0) is 38.0 Å². The van der Waals surface area contributed by atoms with Crippen LogP contribution in [0.25, 0.3) is 0 Å². The van der Waals surface area contributed by atoms with Gasteiger partial charge in [-0.25, -0.2) is 5.43 Å². The predicted molar refractivity (Wildman–Crippen MR) is 95.1 cm³/mol. The zero-order valence-electron chi connectivity index (χ0n) is 14.9. The van der Waals surface area contributed by atoms with Crippen LogP contribution in [0, 0.1) is 0 Å². The molecule has 1 fully saturated rings. The molecule has 7 heteroatoms. The highest BCUT2D eigenvalue weighted by atomic mass is 16.5. The van der Waals surface area contributed by atoms with E-state index in [0.29, 0.717) is 22.8 Å². The van der Waals surface area contributed by atoms with Gasteiger partial charge in [0, 0.05) is 17.3 Å². The average Bonchev–Trinajstić information content (AvgIpc) is 3.11. The fourth-order valence-electron chi connectivity index (χ4n) is 2.81. The van der Waals surface area contributed by atoms with Gasteiger partial charge >= 0.3 is 0 Å². The predicted octanol–water partition coefficient (Wildman–Crippen LogP) is 2.26. The first-order chi connectivity index (χ1) is 12.0. The van der Waals surface area contributed by atoms with Gasteiger partial charge in [0.05, 0.1) is 20.6 Å². The summed E-state index contributed by atoms with van der Waals surface area (Å²) in [5.41, 5.74) is 3.40. The molecule has 0 saturated heterocycles. The zero-order chi connectivity index (χ0) is 18.2. The maximum atomic E-state index is 12.2. The second kappa shape index (κ2) is 9.05. The van der Waals surface area contributed by atoms with Crippen LogP contribution in [0.2, 0.25) is 0 Å². The second-order valence-electron chi connectivity index (χ2n) is 6.08. The molecule has 2 rings (SSSR count). The van der Waals surface area contributed by atoms with Crippen LogP contribution >= 0.6 is 0 Å². The van der Waals surface area contributed by atoms with Crippen molar-refractivity contribution in [2.45, 2.75) is 45.1 Å². The van der Waals surface area contributed by atoms with Gasteiger partial charge in [0.2, 0.25) is 5.91 Å². The third-order valence-electron chi connectivity index (χ3n) is 4.13. The summed E-state index contributed by atoms with van der Waals surface area (Å²) in [5, 5.41) is 6.99. The van der Waals surface area contributed by atoms with Crippen molar-refractivity contribution in [1.29, 1.82) is 0 Å². The lowest BCUT2D eigenvalue weighted by atomic mass is 10.2. The van der Waals surface area contributed by atoms with E-state index in [1.807, 2.05) is 0 Å². The Morgan fingerprint density at radius 2 is 1.84 bits per heavy atom.